The Bertz CT molecular complexity index is 1040. The van der Waals surface area contributed by atoms with Crippen LogP contribution in [0.4, 0.5) is 13.6 Å². The Balaban J connectivity index is 1.32. The van der Waals surface area contributed by atoms with E-state index < -0.39 is 17.1 Å². The van der Waals surface area contributed by atoms with Crippen molar-refractivity contribution >= 4 is 12.0 Å². The lowest BCUT2D eigenvalue weighted by molar-refractivity contribution is -0.137. The third kappa shape index (κ3) is 3.53. The van der Waals surface area contributed by atoms with Crippen molar-refractivity contribution in [3.05, 3.63) is 71.3 Å². The Hall–Kier alpha value is -2.96. The van der Waals surface area contributed by atoms with E-state index in [0.29, 0.717) is 51.0 Å². The predicted octanol–water partition coefficient (Wildman–Crippen LogP) is 4.40. The van der Waals surface area contributed by atoms with Gasteiger partial charge >= 0.3 is 6.09 Å². The summed E-state index contributed by atoms with van der Waals surface area (Å²) in [6.07, 6.45) is 3.17. The second kappa shape index (κ2) is 7.87. The van der Waals surface area contributed by atoms with Crippen LogP contribution < -0.4 is 0 Å². The van der Waals surface area contributed by atoms with Crippen molar-refractivity contribution < 1.29 is 23.1 Å². The summed E-state index contributed by atoms with van der Waals surface area (Å²) in [5.41, 5.74) is -0.296. The molecule has 0 aromatic heterocycles. The zero-order valence-corrected chi connectivity index (χ0v) is 17.9. The van der Waals surface area contributed by atoms with Crippen LogP contribution in [-0.2, 0) is 21.5 Å². The normalized spacial score (nSPS) is 24.4. The molecule has 2 aromatic rings. The number of carbonyl (C=O) groups is 2. The maximum Gasteiger partial charge on any atom is 0.410 e. The van der Waals surface area contributed by atoms with Crippen LogP contribution in [0.25, 0.3) is 0 Å². The molecular weight excluding hydrogens is 414 g/mol. The summed E-state index contributed by atoms with van der Waals surface area (Å²) in [5, 5.41) is 0. The molecule has 5 nitrogen and oxygen atoms in total. The van der Waals surface area contributed by atoms with E-state index in [1.165, 1.54) is 18.2 Å². The van der Waals surface area contributed by atoms with Crippen LogP contribution in [0.3, 0.4) is 0 Å². The Labute approximate surface area is 186 Å². The van der Waals surface area contributed by atoms with Gasteiger partial charge in [-0.3, -0.25) is 9.69 Å². The number of hydrogen-bond donors (Lipinski definition) is 0. The van der Waals surface area contributed by atoms with Gasteiger partial charge in [0.1, 0.15) is 11.6 Å². The second-order valence-corrected chi connectivity index (χ2v) is 9.28. The highest BCUT2D eigenvalue weighted by atomic mass is 19.1. The Morgan fingerprint density at radius 3 is 2.41 bits per heavy atom. The van der Waals surface area contributed by atoms with Gasteiger partial charge in [0, 0.05) is 25.1 Å². The number of rotatable bonds is 4. The van der Waals surface area contributed by atoms with Crippen molar-refractivity contribution in [3.8, 4) is 0 Å². The van der Waals surface area contributed by atoms with Gasteiger partial charge in [-0.2, -0.15) is 0 Å². The van der Waals surface area contributed by atoms with Crippen LogP contribution in [0.15, 0.2) is 48.5 Å². The minimum atomic E-state index is -0.840. The molecular formula is C25H26F2N2O3. The molecule has 1 saturated carbocycles. The molecule has 3 aliphatic rings. The maximum absolute atomic E-state index is 14.7. The van der Waals surface area contributed by atoms with E-state index in [1.54, 1.807) is 40.1 Å². The van der Waals surface area contributed by atoms with Gasteiger partial charge < -0.3 is 9.64 Å². The van der Waals surface area contributed by atoms with Gasteiger partial charge in [-0.25, -0.2) is 13.6 Å². The van der Waals surface area contributed by atoms with Crippen LogP contribution >= 0.6 is 0 Å². The van der Waals surface area contributed by atoms with Crippen molar-refractivity contribution in [1.29, 1.82) is 0 Å². The molecule has 5 rings (SSSR count). The first-order valence-electron chi connectivity index (χ1n) is 11.2. The lowest BCUT2D eigenvalue weighted by Crippen LogP contribution is -2.47. The summed E-state index contributed by atoms with van der Waals surface area (Å²) >= 11 is 0. The van der Waals surface area contributed by atoms with Gasteiger partial charge in [-0.15, -0.1) is 0 Å². The quantitative estimate of drug-likeness (QED) is 0.708. The fraction of sp³-hybridized carbons (Fsp3) is 0.440. The molecule has 2 aromatic carbocycles. The van der Waals surface area contributed by atoms with Crippen LogP contribution in [0.1, 0.15) is 43.2 Å². The Morgan fingerprint density at radius 2 is 1.69 bits per heavy atom. The van der Waals surface area contributed by atoms with Gasteiger partial charge in [-0.1, -0.05) is 43.2 Å². The number of nitrogens with zero attached hydrogens (tertiary/aromatic N) is 2. The van der Waals surface area contributed by atoms with Gasteiger partial charge in [0.15, 0.2) is 5.60 Å². The third-order valence-corrected chi connectivity index (χ3v) is 7.19. The van der Waals surface area contributed by atoms with Crippen molar-refractivity contribution in [1.82, 2.24) is 9.80 Å². The summed E-state index contributed by atoms with van der Waals surface area (Å²) in [6, 6.07) is 12.6. The summed E-state index contributed by atoms with van der Waals surface area (Å²) in [5.74, 6) is -0.728. The third-order valence-electron chi connectivity index (χ3n) is 7.19. The molecule has 1 atom stereocenters. The lowest BCUT2D eigenvalue weighted by atomic mass is 9.77. The highest BCUT2D eigenvalue weighted by molar-refractivity contribution is 5.89. The molecule has 1 aliphatic carbocycles. The van der Waals surface area contributed by atoms with E-state index in [4.69, 9.17) is 4.74 Å². The number of likely N-dealkylation sites (tertiary alicyclic amines) is 1. The lowest BCUT2D eigenvalue weighted by Gasteiger charge is -2.33. The first kappa shape index (κ1) is 20.9. The Kier molecular flexibility index (Phi) is 5.14. The standard InChI is InChI=1S/C25H26F2N2O3/c26-19-9-7-18(8-10-19)15-29-17-24(32-23(29)31)13-14-28(16-24)22(30)25(11-3-4-12-25)20-5-1-2-6-21(20)27/h1-2,5-10H,3-4,11-17H2. The monoisotopic (exact) mass is 440 g/mol. The molecule has 2 saturated heterocycles. The second-order valence-electron chi connectivity index (χ2n) is 9.28. The molecule has 2 heterocycles. The van der Waals surface area contributed by atoms with Gasteiger partial charge in [0.05, 0.1) is 18.5 Å². The van der Waals surface area contributed by atoms with E-state index in [0.717, 1.165) is 18.4 Å². The fourth-order valence-electron chi connectivity index (χ4n) is 5.58. The van der Waals surface area contributed by atoms with Crippen LogP contribution in [0.5, 0.6) is 0 Å². The molecule has 0 radical (unpaired) electrons. The number of benzene rings is 2. The minimum Gasteiger partial charge on any atom is -0.439 e. The highest BCUT2D eigenvalue weighted by Crippen LogP contribution is 2.45. The molecule has 1 unspecified atom stereocenters. The van der Waals surface area contributed by atoms with Crippen molar-refractivity contribution in [2.24, 2.45) is 0 Å². The zero-order valence-electron chi connectivity index (χ0n) is 17.9. The van der Waals surface area contributed by atoms with E-state index >= 15 is 0 Å². The van der Waals surface area contributed by atoms with Crippen molar-refractivity contribution in [3.63, 3.8) is 0 Å². The average molecular weight is 440 g/mol. The smallest absolute Gasteiger partial charge is 0.410 e. The summed E-state index contributed by atoms with van der Waals surface area (Å²) < 4.78 is 33.6. The molecule has 32 heavy (non-hydrogen) atoms. The molecule has 2 amide bonds. The SMILES string of the molecule is O=C1OC2(CCN(C(=O)C3(c4ccccc4F)CCCC3)C2)CN1Cc1ccc(F)cc1. The van der Waals surface area contributed by atoms with Gasteiger partial charge in [0.25, 0.3) is 0 Å². The minimum absolute atomic E-state index is 0.0648. The number of ether oxygens (including phenoxy) is 1. The summed E-state index contributed by atoms with van der Waals surface area (Å²) in [4.78, 5) is 29.6. The molecule has 0 bridgehead atoms. The first-order valence-corrected chi connectivity index (χ1v) is 11.2. The van der Waals surface area contributed by atoms with Crippen LogP contribution in [-0.4, -0.2) is 47.0 Å². The highest BCUT2D eigenvalue weighted by Gasteiger charge is 2.54. The predicted molar refractivity (Wildman–Crippen MR) is 114 cm³/mol. The zero-order chi connectivity index (χ0) is 22.3. The van der Waals surface area contributed by atoms with Gasteiger partial charge in [-0.05, 0) is 36.6 Å². The number of amides is 2. The van der Waals surface area contributed by atoms with E-state index in [-0.39, 0.29) is 17.5 Å². The summed E-state index contributed by atoms with van der Waals surface area (Å²) in [6.45, 7) is 1.49. The summed E-state index contributed by atoms with van der Waals surface area (Å²) in [7, 11) is 0. The van der Waals surface area contributed by atoms with E-state index in [9.17, 15) is 18.4 Å². The fourth-order valence-corrected chi connectivity index (χ4v) is 5.58. The molecule has 168 valence electrons. The first-order chi connectivity index (χ1) is 15.4. The topological polar surface area (TPSA) is 49.9 Å². The van der Waals surface area contributed by atoms with E-state index in [2.05, 4.69) is 0 Å². The van der Waals surface area contributed by atoms with Crippen molar-refractivity contribution in [2.75, 3.05) is 19.6 Å². The molecule has 0 N–H and O–H groups in total. The number of carbonyl (C=O) groups excluding carboxylic acids is 2. The van der Waals surface area contributed by atoms with E-state index in [1.807, 2.05) is 0 Å². The van der Waals surface area contributed by atoms with Crippen molar-refractivity contribution in [2.45, 2.75) is 49.7 Å². The number of hydrogen-bond acceptors (Lipinski definition) is 3. The van der Waals surface area contributed by atoms with Crippen LogP contribution in [0, 0.1) is 11.6 Å². The largest absolute Gasteiger partial charge is 0.439 e. The molecule has 7 heteroatoms. The number of halogens is 2. The molecule has 1 spiro atoms. The molecule has 3 fully saturated rings. The molecule has 2 aliphatic heterocycles. The van der Waals surface area contributed by atoms with Crippen LogP contribution in [0.2, 0.25) is 0 Å². The Morgan fingerprint density at radius 1 is 0.969 bits per heavy atom. The maximum atomic E-state index is 14.7. The average Bonchev–Trinajstić information content (AvgIpc) is 3.50. The van der Waals surface area contributed by atoms with Gasteiger partial charge in [0.2, 0.25) is 5.91 Å².